The van der Waals surface area contributed by atoms with Gasteiger partial charge in [-0.25, -0.2) is 4.68 Å². The molecule has 1 aromatic carbocycles. The van der Waals surface area contributed by atoms with Crippen LogP contribution in [0.1, 0.15) is 16.2 Å². The number of carbonyl (C=O) groups excluding carboxylic acids is 1. The first kappa shape index (κ1) is 12.7. The highest BCUT2D eigenvalue weighted by atomic mass is 32.1. The van der Waals surface area contributed by atoms with Crippen LogP contribution in [0.5, 0.6) is 0 Å². The molecule has 1 heterocycles. The van der Waals surface area contributed by atoms with Gasteiger partial charge < -0.3 is 5.32 Å². The van der Waals surface area contributed by atoms with Crippen molar-refractivity contribution >= 4 is 18.5 Å². The first-order chi connectivity index (χ1) is 8.72. The van der Waals surface area contributed by atoms with Gasteiger partial charge in [0.25, 0.3) is 5.91 Å². The lowest BCUT2D eigenvalue weighted by atomic mass is 10.3. The Morgan fingerprint density at radius 2 is 2.11 bits per heavy atom. The van der Waals surface area contributed by atoms with E-state index in [1.54, 1.807) is 10.7 Å². The van der Waals surface area contributed by atoms with Gasteiger partial charge in [-0.3, -0.25) is 4.79 Å². The van der Waals surface area contributed by atoms with E-state index in [1.807, 2.05) is 37.3 Å². The van der Waals surface area contributed by atoms with Crippen LogP contribution < -0.4 is 5.32 Å². The van der Waals surface area contributed by atoms with Crippen molar-refractivity contribution in [1.29, 1.82) is 0 Å². The summed E-state index contributed by atoms with van der Waals surface area (Å²) in [5.41, 5.74) is 2.23. The third kappa shape index (κ3) is 2.73. The minimum Gasteiger partial charge on any atom is -0.350 e. The summed E-state index contributed by atoms with van der Waals surface area (Å²) in [4.78, 5) is 12.0. The van der Waals surface area contributed by atoms with Gasteiger partial charge in [0.2, 0.25) is 0 Å². The molecule has 1 N–H and O–H groups in total. The molecular formula is C13H15N3OS. The van der Waals surface area contributed by atoms with Gasteiger partial charge in [0.1, 0.15) is 5.69 Å². The summed E-state index contributed by atoms with van der Waals surface area (Å²) in [6.45, 7) is 2.41. The van der Waals surface area contributed by atoms with Gasteiger partial charge in [-0.15, -0.1) is 0 Å². The largest absolute Gasteiger partial charge is 0.350 e. The first-order valence-electron chi connectivity index (χ1n) is 5.73. The predicted molar refractivity (Wildman–Crippen MR) is 74.5 cm³/mol. The van der Waals surface area contributed by atoms with Crippen molar-refractivity contribution in [2.75, 3.05) is 12.3 Å². The second-order valence-corrected chi connectivity index (χ2v) is 4.35. The molecule has 94 valence electrons. The van der Waals surface area contributed by atoms with Crippen LogP contribution in [0.25, 0.3) is 5.69 Å². The van der Waals surface area contributed by atoms with Gasteiger partial charge in [-0.1, -0.05) is 18.2 Å². The quantitative estimate of drug-likeness (QED) is 0.825. The molecule has 0 fully saturated rings. The van der Waals surface area contributed by atoms with Gasteiger partial charge in [0.05, 0.1) is 11.4 Å². The number of amides is 1. The van der Waals surface area contributed by atoms with E-state index < -0.39 is 0 Å². The molecule has 0 saturated heterocycles. The maximum Gasteiger partial charge on any atom is 0.270 e. The van der Waals surface area contributed by atoms with Crippen molar-refractivity contribution in [3.05, 3.63) is 47.8 Å². The molecule has 0 bridgehead atoms. The summed E-state index contributed by atoms with van der Waals surface area (Å²) < 4.78 is 1.66. The number of hydrogen-bond donors (Lipinski definition) is 2. The van der Waals surface area contributed by atoms with Crippen LogP contribution >= 0.6 is 12.6 Å². The molecule has 0 unspecified atom stereocenters. The molecule has 0 spiro atoms. The Balaban J connectivity index is 2.34. The van der Waals surface area contributed by atoms with E-state index in [-0.39, 0.29) is 5.91 Å². The topological polar surface area (TPSA) is 46.9 Å². The zero-order valence-electron chi connectivity index (χ0n) is 10.1. The van der Waals surface area contributed by atoms with E-state index >= 15 is 0 Å². The van der Waals surface area contributed by atoms with Gasteiger partial charge in [-0.2, -0.15) is 17.7 Å². The van der Waals surface area contributed by atoms with Crippen LogP contribution in [0, 0.1) is 6.92 Å². The number of benzene rings is 1. The van der Waals surface area contributed by atoms with E-state index in [0.29, 0.717) is 18.0 Å². The fourth-order valence-electron chi connectivity index (χ4n) is 1.69. The average Bonchev–Trinajstić information content (AvgIpc) is 2.79. The summed E-state index contributed by atoms with van der Waals surface area (Å²) in [6.07, 6.45) is 0. The molecule has 0 aliphatic heterocycles. The van der Waals surface area contributed by atoms with Crippen molar-refractivity contribution in [3.63, 3.8) is 0 Å². The molecule has 5 heteroatoms. The molecule has 1 amide bonds. The minimum atomic E-state index is -0.131. The number of aromatic nitrogens is 2. The zero-order valence-corrected chi connectivity index (χ0v) is 11.0. The third-order valence-corrected chi connectivity index (χ3v) is 2.69. The highest BCUT2D eigenvalue weighted by Crippen LogP contribution is 2.12. The van der Waals surface area contributed by atoms with Crippen LogP contribution in [0.4, 0.5) is 0 Å². The number of carbonyl (C=O) groups is 1. The number of thiol groups is 1. The normalized spacial score (nSPS) is 10.3. The number of rotatable bonds is 4. The first-order valence-corrected chi connectivity index (χ1v) is 6.37. The van der Waals surface area contributed by atoms with Gasteiger partial charge in [0.15, 0.2) is 0 Å². The molecule has 0 aliphatic carbocycles. The standard InChI is InChI=1S/C13H15N3OS/c1-10-9-12(13(17)14-7-8-18)16(15-10)11-5-3-2-4-6-11/h2-6,9,18H,7-8H2,1H3,(H,14,17). The second-order valence-electron chi connectivity index (χ2n) is 3.90. The molecule has 2 aromatic rings. The van der Waals surface area contributed by atoms with Crippen molar-refractivity contribution < 1.29 is 4.79 Å². The summed E-state index contributed by atoms with van der Waals surface area (Å²) in [6, 6.07) is 11.4. The zero-order chi connectivity index (χ0) is 13.0. The molecule has 2 rings (SSSR count). The Morgan fingerprint density at radius 1 is 1.39 bits per heavy atom. The lowest BCUT2D eigenvalue weighted by Crippen LogP contribution is -2.27. The number of aryl methyl sites for hydroxylation is 1. The monoisotopic (exact) mass is 261 g/mol. The minimum absolute atomic E-state index is 0.131. The number of hydrogen-bond acceptors (Lipinski definition) is 3. The van der Waals surface area contributed by atoms with E-state index in [0.717, 1.165) is 11.4 Å². The molecular weight excluding hydrogens is 246 g/mol. The van der Waals surface area contributed by atoms with Gasteiger partial charge >= 0.3 is 0 Å². The van der Waals surface area contributed by atoms with Crippen molar-refractivity contribution in [1.82, 2.24) is 15.1 Å². The molecule has 0 saturated carbocycles. The van der Waals surface area contributed by atoms with Gasteiger partial charge in [-0.05, 0) is 25.1 Å². The lowest BCUT2D eigenvalue weighted by molar-refractivity contribution is 0.0948. The Bertz CT molecular complexity index is 536. The van der Waals surface area contributed by atoms with E-state index in [2.05, 4.69) is 23.0 Å². The third-order valence-electron chi connectivity index (χ3n) is 2.46. The summed E-state index contributed by atoms with van der Waals surface area (Å²) in [7, 11) is 0. The van der Waals surface area contributed by atoms with E-state index in [1.165, 1.54) is 0 Å². The average molecular weight is 261 g/mol. The Hall–Kier alpha value is -1.75. The van der Waals surface area contributed by atoms with E-state index in [4.69, 9.17) is 0 Å². The molecule has 1 aromatic heterocycles. The fraction of sp³-hybridized carbons (Fsp3) is 0.231. The lowest BCUT2D eigenvalue weighted by Gasteiger charge is -2.07. The number of nitrogens with zero attached hydrogens (tertiary/aromatic N) is 2. The smallest absolute Gasteiger partial charge is 0.270 e. The summed E-state index contributed by atoms with van der Waals surface area (Å²) in [5, 5.41) is 7.14. The second kappa shape index (κ2) is 5.73. The highest BCUT2D eigenvalue weighted by Gasteiger charge is 2.14. The molecule has 0 atom stereocenters. The van der Waals surface area contributed by atoms with Crippen LogP contribution in [-0.4, -0.2) is 28.0 Å². The molecule has 0 radical (unpaired) electrons. The summed E-state index contributed by atoms with van der Waals surface area (Å²) in [5.74, 6) is 0.484. The SMILES string of the molecule is Cc1cc(C(=O)NCCS)n(-c2ccccc2)n1. The molecule has 0 aliphatic rings. The Kier molecular flexibility index (Phi) is 4.04. The maximum atomic E-state index is 12.0. The Labute approximate surface area is 111 Å². The predicted octanol–water partition coefficient (Wildman–Crippen LogP) is 1.84. The van der Waals surface area contributed by atoms with E-state index in [9.17, 15) is 4.79 Å². The van der Waals surface area contributed by atoms with Gasteiger partial charge in [0, 0.05) is 12.3 Å². The Morgan fingerprint density at radius 3 is 2.78 bits per heavy atom. The molecule has 18 heavy (non-hydrogen) atoms. The van der Waals surface area contributed by atoms with Crippen LogP contribution in [0.3, 0.4) is 0 Å². The number of para-hydroxylation sites is 1. The summed E-state index contributed by atoms with van der Waals surface area (Å²) >= 11 is 4.07. The highest BCUT2D eigenvalue weighted by molar-refractivity contribution is 7.80. The van der Waals surface area contributed by atoms with Crippen molar-refractivity contribution in [3.8, 4) is 5.69 Å². The van der Waals surface area contributed by atoms with Crippen molar-refractivity contribution in [2.45, 2.75) is 6.92 Å². The fourth-order valence-corrected chi connectivity index (χ4v) is 1.80. The van der Waals surface area contributed by atoms with Crippen molar-refractivity contribution in [2.24, 2.45) is 0 Å². The molecule has 4 nitrogen and oxygen atoms in total. The van der Waals surface area contributed by atoms with Crippen LogP contribution in [0.2, 0.25) is 0 Å². The maximum absolute atomic E-state index is 12.0. The van der Waals surface area contributed by atoms with Crippen LogP contribution in [-0.2, 0) is 0 Å². The number of nitrogens with one attached hydrogen (secondary N) is 1. The van der Waals surface area contributed by atoms with Crippen LogP contribution in [0.15, 0.2) is 36.4 Å².